The fraction of sp³-hybridized carbons (Fsp3) is 0.316. The highest BCUT2D eigenvalue weighted by Crippen LogP contribution is 2.22. The molecule has 0 aliphatic carbocycles. The van der Waals surface area contributed by atoms with Crippen LogP contribution in [0, 0.1) is 6.92 Å². The number of anilines is 1. The van der Waals surface area contributed by atoms with Gasteiger partial charge in [0.15, 0.2) is 0 Å². The van der Waals surface area contributed by atoms with Gasteiger partial charge in [-0.2, -0.15) is 0 Å². The van der Waals surface area contributed by atoms with Crippen molar-refractivity contribution >= 4 is 33.2 Å². The lowest BCUT2D eigenvalue weighted by Gasteiger charge is -2.28. The molecule has 0 heterocycles. The van der Waals surface area contributed by atoms with Crippen molar-refractivity contribution in [1.29, 1.82) is 0 Å². The molecule has 0 bridgehead atoms. The predicted octanol–water partition coefficient (Wildman–Crippen LogP) is 3.00. The molecule has 0 aromatic heterocycles. The maximum atomic E-state index is 12.4. The van der Waals surface area contributed by atoms with E-state index in [9.17, 15) is 13.2 Å². The molecule has 0 saturated heterocycles. The first-order valence-electron chi connectivity index (χ1n) is 8.41. The largest absolute Gasteiger partial charge is 0.492 e. The maximum Gasteiger partial charge on any atom is 0.243 e. The molecule has 1 atom stereocenters. The Morgan fingerprint density at radius 1 is 1.22 bits per heavy atom. The van der Waals surface area contributed by atoms with Crippen molar-refractivity contribution in [3.8, 4) is 5.75 Å². The van der Waals surface area contributed by atoms with Crippen molar-refractivity contribution < 1.29 is 17.9 Å². The highest BCUT2D eigenvalue weighted by molar-refractivity contribution is 7.92. The number of nitrogens with one attached hydrogen (secondary N) is 1. The van der Waals surface area contributed by atoms with Crippen molar-refractivity contribution in [2.75, 3.05) is 23.7 Å². The summed E-state index contributed by atoms with van der Waals surface area (Å²) in [4.78, 5) is 12.4. The van der Waals surface area contributed by atoms with Crippen LogP contribution < -0.4 is 14.4 Å². The summed E-state index contributed by atoms with van der Waals surface area (Å²) < 4.78 is 31.0. The summed E-state index contributed by atoms with van der Waals surface area (Å²) in [5, 5.41) is 3.31. The van der Waals surface area contributed by atoms with Crippen LogP contribution in [-0.2, 0) is 14.8 Å². The lowest BCUT2D eigenvalue weighted by atomic mass is 10.2. The fourth-order valence-corrected chi connectivity index (χ4v) is 3.88. The van der Waals surface area contributed by atoms with E-state index in [-0.39, 0.29) is 13.2 Å². The van der Waals surface area contributed by atoms with E-state index in [1.54, 1.807) is 49.4 Å². The average molecular weight is 411 g/mol. The van der Waals surface area contributed by atoms with E-state index in [2.05, 4.69) is 5.32 Å². The van der Waals surface area contributed by atoms with Gasteiger partial charge in [-0.05, 0) is 43.7 Å². The van der Waals surface area contributed by atoms with Crippen LogP contribution in [0.1, 0.15) is 12.5 Å². The molecule has 0 fully saturated rings. The number of sulfonamides is 1. The number of amides is 1. The zero-order chi connectivity index (χ0) is 20.0. The van der Waals surface area contributed by atoms with Gasteiger partial charge in [0.05, 0.1) is 18.5 Å². The highest BCUT2D eigenvalue weighted by atomic mass is 35.5. The van der Waals surface area contributed by atoms with E-state index < -0.39 is 22.0 Å². The number of carbonyl (C=O) groups excluding carboxylic acids is 1. The molecule has 8 heteroatoms. The van der Waals surface area contributed by atoms with Gasteiger partial charge in [0.2, 0.25) is 15.9 Å². The van der Waals surface area contributed by atoms with Gasteiger partial charge in [0.1, 0.15) is 18.4 Å². The minimum Gasteiger partial charge on any atom is -0.492 e. The Morgan fingerprint density at radius 3 is 2.48 bits per heavy atom. The van der Waals surface area contributed by atoms with Crippen LogP contribution in [-0.4, -0.2) is 39.8 Å². The van der Waals surface area contributed by atoms with Crippen LogP contribution in [0.2, 0.25) is 5.02 Å². The van der Waals surface area contributed by atoms with Gasteiger partial charge < -0.3 is 10.1 Å². The molecule has 0 spiro atoms. The van der Waals surface area contributed by atoms with Crippen molar-refractivity contribution in [3.63, 3.8) is 0 Å². The third kappa shape index (κ3) is 5.87. The van der Waals surface area contributed by atoms with E-state index in [0.717, 1.165) is 16.1 Å². The molecule has 2 aromatic carbocycles. The first-order chi connectivity index (χ1) is 12.7. The number of para-hydroxylation sites is 1. The molecule has 27 heavy (non-hydrogen) atoms. The Balaban J connectivity index is 1.94. The molecule has 0 aliphatic heterocycles. The predicted molar refractivity (Wildman–Crippen MR) is 108 cm³/mol. The van der Waals surface area contributed by atoms with Gasteiger partial charge in [-0.15, -0.1) is 0 Å². The number of halogens is 1. The molecule has 1 amide bonds. The molecule has 2 aromatic rings. The van der Waals surface area contributed by atoms with Crippen molar-refractivity contribution in [2.45, 2.75) is 19.9 Å². The van der Waals surface area contributed by atoms with Crippen LogP contribution in [0.25, 0.3) is 0 Å². The SMILES string of the molecule is Cc1ccc(OCCNC(=O)C(C)N(c2ccccc2)S(C)(=O)=O)cc1Cl. The van der Waals surface area contributed by atoms with Gasteiger partial charge in [-0.3, -0.25) is 9.10 Å². The summed E-state index contributed by atoms with van der Waals surface area (Å²) in [7, 11) is -3.62. The number of rotatable bonds is 8. The van der Waals surface area contributed by atoms with E-state index in [0.29, 0.717) is 16.5 Å². The first kappa shape index (κ1) is 21.1. The number of nitrogens with zero attached hydrogens (tertiary/aromatic N) is 1. The quantitative estimate of drug-likeness (QED) is 0.679. The molecule has 146 valence electrons. The standard InChI is InChI=1S/C19H23ClN2O4S/c1-14-9-10-17(13-18(14)20)26-12-11-21-19(23)15(2)22(27(3,24)25)16-7-5-4-6-8-16/h4-10,13,15H,11-12H2,1-3H3,(H,21,23). The van der Waals surface area contributed by atoms with Crippen molar-refractivity contribution in [2.24, 2.45) is 0 Å². The lowest BCUT2D eigenvalue weighted by Crippen LogP contribution is -2.48. The number of carbonyl (C=O) groups is 1. The molecule has 0 aliphatic rings. The summed E-state index contributed by atoms with van der Waals surface area (Å²) in [6.45, 7) is 3.92. The second-order valence-electron chi connectivity index (χ2n) is 6.12. The average Bonchev–Trinajstić information content (AvgIpc) is 2.61. The van der Waals surface area contributed by atoms with Gasteiger partial charge in [-0.25, -0.2) is 8.42 Å². The molecule has 0 saturated carbocycles. The Bertz CT molecular complexity index is 888. The summed E-state index contributed by atoms with van der Waals surface area (Å²) in [5.41, 5.74) is 1.39. The van der Waals surface area contributed by atoms with E-state index in [1.165, 1.54) is 0 Å². The normalized spacial score (nSPS) is 12.3. The Labute approximate surface area is 165 Å². The van der Waals surface area contributed by atoms with Crippen LogP contribution in [0.3, 0.4) is 0 Å². The smallest absolute Gasteiger partial charge is 0.243 e. The zero-order valence-corrected chi connectivity index (χ0v) is 17.0. The van der Waals surface area contributed by atoms with Gasteiger partial charge in [0.25, 0.3) is 0 Å². The van der Waals surface area contributed by atoms with Crippen LogP contribution in [0.5, 0.6) is 5.75 Å². The highest BCUT2D eigenvalue weighted by Gasteiger charge is 2.28. The Kier molecular flexibility index (Phi) is 7.10. The third-order valence-electron chi connectivity index (χ3n) is 3.91. The van der Waals surface area contributed by atoms with Crippen molar-refractivity contribution in [3.05, 3.63) is 59.1 Å². The maximum absolute atomic E-state index is 12.4. The summed E-state index contributed by atoms with van der Waals surface area (Å²) in [6.07, 6.45) is 1.08. The number of hydrogen-bond acceptors (Lipinski definition) is 4. The van der Waals surface area contributed by atoms with E-state index >= 15 is 0 Å². The summed E-state index contributed by atoms with van der Waals surface area (Å²) in [6, 6.07) is 13.0. The molecule has 1 unspecified atom stereocenters. The van der Waals surface area contributed by atoms with Crippen molar-refractivity contribution in [1.82, 2.24) is 5.32 Å². The van der Waals surface area contributed by atoms with Crippen LogP contribution in [0.4, 0.5) is 5.69 Å². The minimum atomic E-state index is -3.62. The monoisotopic (exact) mass is 410 g/mol. The third-order valence-corrected chi connectivity index (χ3v) is 5.56. The molecule has 2 rings (SSSR count). The van der Waals surface area contributed by atoms with Gasteiger partial charge >= 0.3 is 0 Å². The van der Waals surface area contributed by atoms with E-state index in [1.807, 2.05) is 13.0 Å². The molecule has 0 radical (unpaired) electrons. The molecule has 1 N–H and O–H groups in total. The zero-order valence-electron chi connectivity index (χ0n) is 15.5. The second-order valence-corrected chi connectivity index (χ2v) is 8.39. The number of aryl methyl sites for hydroxylation is 1. The summed E-state index contributed by atoms with van der Waals surface area (Å²) in [5.74, 6) is 0.199. The van der Waals surface area contributed by atoms with Crippen LogP contribution in [0.15, 0.2) is 48.5 Å². The van der Waals surface area contributed by atoms with Gasteiger partial charge in [-0.1, -0.05) is 35.9 Å². The minimum absolute atomic E-state index is 0.237. The lowest BCUT2D eigenvalue weighted by molar-refractivity contribution is -0.121. The fourth-order valence-electron chi connectivity index (χ4n) is 2.54. The molecular formula is C19H23ClN2O4S. The Morgan fingerprint density at radius 2 is 1.89 bits per heavy atom. The van der Waals surface area contributed by atoms with Crippen LogP contribution >= 0.6 is 11.6 Å². The topological polar surface area (TPSA) is 75.7 Å². The number of hydrogen-bond donors (Lipinski definition) is 1. The summed E-state index contributed by atoms with van der Waals surface area (Å²) >= 11 is 6.04. The van der Waals surface area contributed by atoms with Gasteiger partial charge in [0, 0.05) is 5.02 Å². The number of benzene rings is 2. The van der Waals surface area contributed by atoms with E-state index in [4.69, 9.17) is 16.3 Å². The first-order valence-corrected chi connectivity index (χ1v) is 10.6. The second kappa shape index (κ2) is 9.10. The Hall–Kier alpha value is -2.25. The molecular weight excluding hydrogens is 388 g/mol. The number of ether oxygens (including phenoxy) is 1. The molecule has 6 nitrogen and oxygen atoms in total.